The highest BCUT2D eigenvalue weighted by Gasteiger charge is 2.14. The van der Waals surface area contributed by atoms with Crippen LogP contribution >= 0.6 is 11.6 Å². The molecule has 0 bridgehead atoms. The van der Waals surface area contributed by atoms with Gasteiger partial charge in [-0.2, -0.15) is 4.98 Å². The number of carboxylic acid groups (broad SMARTS) is 1. The summed E-state index contributed by atoms with van der Waals surface area (Å²) in [6.07, 6.45) is 4.92. The SMILES string of the molecule is N=C/C=C\Nc1ccc(Nc2nc(Cl)ncc2C(=O)O)cc1F. The van der Waals surface area contributed by atoms with E-state index in [0.29, 0.717) is 5.69 Å². The normalized spacial score (nSPS) is 10.5. The van der Waals surface area contributed by atoms with E-state index in [0.717, 1.165) is 12.4 Å². The summed E-state index contributed by atoms with van der Waals surface area (Å²) >= 11 is 5.65. The minimum Gasteiger partial charge on any atom is -0.477 e. The number of nitrogens with one attached hydrogen (secondary N) is 3. The fraction of sp³-hybridized carbons (Fsp3) is 0. The minimum absolute atomic E-state index is 0.0405. The van der Waals surface area contributed by atoms with E-state index in [1.54, 1.807) is 0 Å². The Kier molecular flexibility index (Phi) is 5.21. The highest BCUT2D eigenvalue weighted by Crippen LogP contribution is 2.24. The van der Waals surface area contributed by atoms with Crippen LogP contribution < -0.4 is 10.6 Å². The predicted molar refractivity (Wildman–Crippen MR) is 85.2 cm³/mol. The molecule has 1 heterocycles. The average molecular weight is 336 g/mol. The number of rotatable bonds is 6. The molecule has 0 atom stereocenters. The highest BCUT2D eigenvalue weighted by atomic mass is 35.5. The van der Waals surface area contributed by atoms with E-state index in [1.807, 2.05) is 0 Å². The molecular weight excluding hydrogens is 325 g/mol. The molecule has 118 valence electrons. The van der Waals surface area contributed by atoms with Gasteiger partial charge in [0.2, 0.25) is 5.28 Å². The van der Waals surface area contributed by atoms with E-state index in [1.165, 1.54) is 30.5 Å². The van der Waals surface area contributed by atoms with Gasteiger partial charge in [-0.25, -0.2) is 14.2 Å². The zero-order valence-electron chi connectivity index (χ0n) is 11.5. The van der Waals surface area contributed by atoms with Crippen LogP contribution in [0, 0.1) is 11.2 Å². The van der Waals surface area contributed by atoms with Crippen LogP contribution in [0.25, 0.3) is 0 Å². The Morgan fingerprint density at radius 3 is 2.87 bits per heavy atom. The van der Waals surface area contributed by atoms with Gasteiger partial charge in [-0.05, 0) is 35.9 Å². The van der Waals surface area contributed by atoms with Crippen molar-refractivity contribution in [1.82, 2.24) is 9.97 Å². The summed E-state index contributed by atoms with van der Waals surface area (Å²) < 4.78 is 13.9. The molecule has 1 aromatic carbocycles. The monoisotopic (exact) mass is 335 g/mol. The second-order valence-electron chi connectivity index (χ2n) is 4.20. The molecule has 0 saturated carbocycles. The molecule has 0 saturated heterocycles. The Labute approximate surface area is 135 Å². The molecule has 0 unspecified atom stereocenters. The molecule has 0 radical (unpaired) electrons. The van der Waals surface area contributed by atoms with Crippen LogP contribution in [0.3, 0.4) is 0 Å². The predicted octanol–water partition coefficient (Wildman–Crippen LogP) is 3.29. The number of hydrogen-bond donors (Lipinski definition) is 4. The lowest BCUT2D eigenvalue weighted by Gasteiger charge is -2.10. The van der Waals surface area contributed by atoms with E-state index in [4.69, 9.17) is 22.1 Å². The molecule has 0 aliphatic rings. The van der Waals surface area contributed by atoms with Gasteiger partial charge in [0.1, 0.15) is 17.2 Å². The van der Waals surface area contributed by atoms with Gasteiger partial charge in [0, 0.05) is 24.3 Å². The second-order valence-corrected chi connectivity index (χ2v) is 4.53. The van der Waals surface area contributed by atoms with Gasteiger partial charge in [0.25, 0.3) is 0 Å². The standard InChI is InChI=1S/C14H11ClFN5O2/c15-14-19-7-9(13(22)23)12(21-14)20-8-2-3-11(10(16)6-8)18-5-1-4-17/h1-7,17-18H,(H,22,23)(H,19,20,21)/b5-1-,17-4?. The molecule has 7 nitrogen and oxygen atoms in total. The zero-order chi connectivity index (χ0) is 16.8. The van der Waals surface area contributed by atoms with E-state index >= 15 is 0 Å². The molecule has 2 rings (SSSR count). The Hall–Kier alpha value is -3.00. The lowest BCUT2D eigenvalue weighted by Crippen LogP contribution is -2.06. The molecule has 23 heavy (non-hydrogen) atoms. The molecule has 0 fully saturated rings. The number of nitrogens with zero attached hydrogens (tertiary/aromatic N) is 2. The van der Waals surface area contributed by atoms with Crippen molar-refractivity contribution < 1.29 is 14.3 Å². The second kappa shape index (κ2) is 7.32. The Morgan fingerprint density at radius 1 is 1.43 bits per heavy atom. The smallest absolute Gasteiger partial charge is 0.341 e. The first kappa shape index (κ1) is 16.4. The van der Waals surface area contributed by atoms with Crippen molar-refractivity contribution in [3.05, 3.63) is 53.3 Å². The number of carboxylic acids is 1. The third kappa shape index (κ3) is 4.24. The quantitative estimate of drug-likeness (QED) is 0.476. The molecule has 1 aromatic heterocycles. The van der Waals surface area contributed by atoms with Crippen LogP contribution in [0.4, 0.5) is 21.6 Å². The van der Waals surface area contributed by atoms with Crippen molar-refractivity contribution in [2.75, 3.05) is 10.6 Å². The Morgan fingerprint density at radius 2 is 2.22 bits per heavy atom. The van der Waals surface area contributed by atoms with Gasteiger partial charge in [-0.15, -0.1) is 0 Å². The largest absolute Gasteiger partial charge is 0.477 e. The first-order valence-electron chi connectivity index (χ1n) is 6.26. The van der Waals surface area contributed by atoms with Crippen LogP contribution in [0.2, 0.25) is 5.28 Å². The number of carbonyl (C=O) groups is 1. The Bertz CT molecular complexity index is 782. The summed E-state index contributed by atoms with van der Waals surface area (Å²) in [6.45, 7) is 0. The van der Waals surface area contributed by atoms with Crippen LogP contribution in [-0.2, 0) is 0 Å². The fourth-order valence-corrected chi connectivity index (χ4v) is 1.78. The van der Waals surface area contributed by atoms with Crippen LogP contribution in [0.5, 0.6) is 0 Å². The maximum atomic E-state index is 13.9. The number of benzene rings is 1. The first-order chi connectivity index (χ1) is 11.0. The third-order valence-electron chi connectivity index (χ3n) is 2.65. The topological polar surface area (TPSA) is 111 Å². The van der Waals surface area contributed by atoms with E-state index in [9.17, 15) is 9.18 Å². The summed E-state index contributed by atoms with van der Waals surface area (Å²) in [5.41, 5.74) is 0.306. The molecular formula is C14H11ClFN5O2. The van der Waals surface area contributed by atoms with Crippen molar-refractivity contribution >= 4 is 41.0 Å². The van der Waals surface area contributed by atoms with Crippen LogP contribution in [-0.4, -0.2) is 27.3 Å². The van der Waals surface area contributed by atoms with Crippen LogP contribution in [0.15, 0.2) is 36.7 Å². The Balaban J connectivity index is 2.26. The average Bonchev–Trinajstić information content (AvgIpc) is 2.49. The molecule has 0 aliphatic heterocycles. The number of aromatic nitrogens is 2. The summed E-state index contributed by atoms with van der Waals surface area (Å²) in [5, 5.41) is 21.1. The molecule has 4 N–H and O–H groups in total. The summed E-state index contributed by atoms with van der Waals surface area (Å²) in [4.78, 5) is 18.5. The van der Waals surface area contributed by atoms with E-state index in [-0.39, 0.29) is 22.4 Å². The molecule has 0 amide bonds. The summed E-state index contributed by atoms with van der Waals surface area (Å²) in [6, 6.07) is 4.16. The number of anilines is 3. The highest BCUT2D eigenvalue weighted by molar-refractivity contribution is 6.28. The molecule has 0 spiro atoms. The van der Waals surface area contributed by atoms with Crippen molar-refractivity contribution in [1.29, 1.82) is 5.41 Å². The fourth-order valence-electron chi connectivity index (χ4n) is 1.64. The zero-order valence-corrected chi connectivity index (χ0v) is 12.3. The van der Waals surface area contributed by atoms with Crippen LogP contribution in [0.1, 0.15) is 10.4 Å². The number of hydrogen-bond acceptors (Lipinski definition) is 6. The van der Waals surface area contributed by atoms with Gasteiger partial charge in [-0.1, -0.05) is 0 Å². The summed E-state index contributed by atoms with van der Waals surface area (Å²) in [5.74, 6) is -1.84. The van der Waals surface area contributed by atoms with E-state index < -0.39 is 11.8 Å². The van der Waals surface area contributed by atoms with Gasteiger partial charge >= 0.3 is 5.97 Å². The van der Waals surface area contributed by atoms with Gasteiger partial charge in [-0.3, -0.25) is 0 Å². The van der Waals surface area contributed by atoms with Gasteiger partial charge in [0.05, 0.1) is 5.69 Å². The molecule has 0 aliphatic carbocycles. The van der Waals surface area contributed by atoms with Gasteiger partial charge < -0.3 is 21.1 Å². The van der Waals surface area contributed by atoms with Crippen molar-refractivity contribution in [2.45, 2.75) is 0 Å². The lowest BCUT2D eigenvalue weighted by atomic mass is 10.2. The first-order valence-corrected chi connectivity index (χ1v) is 6.63. The van der Waals surface area contributed by atoms with Gasteiger partial charge in [0.15, 0.2) is 0 Å². The number of halogens is 2. The maximum absolute atomic E-state index is 13.9. The lowest BCUT2D eigenvalue weighted by molar-refractivity contribution is 0.0697. The van der Waals surface area contributed by atoms with E-state index in [2.05, 4.69) is 20.6 Å². The van der Waals surface area contributed by atoms with Crippen molar-refractivity contribution in [3.63, 3.8) is 0 Å². The number of aromatic carboxylic acids is 1. The van der Waals surface area contributed by atoms with Crippen molar-refractivity contribution in [3.8, 4) is 0 Å². The number of allylic oxidation sites excluding steroid dienone is 1. The molecule has 9 heteroatoms. The summed E-state index contributed by atoms with van der Waals surface area (Å²) in [7, 11) is 0. The maximum Gasteiger partial charge on any atom is 0.341 e. The minimum atomic E-state index is -1.24. The third-order valence-corrected chi connectivity index (χ3v) is 2.83. The van der Waals surface area contributed by atoms with Crippen molar-refractivity contribution in [2.24, 2.45) is 0 Å². The molecule has 2 aromatic rings.